The first-order chi connectivity index (χ1) is 14.7. The summed E-state index contributed by atoms with van der Waals surface area (Å²) in [5.41, 5.74) is 2.30. The van der Waals surface area contributed by atoms with Crippen molar-refractivity contribution >= 4 is 17.6 Å². The molecule has 6 heteroatoms. The summed E-state index contributed by atoms with van der Waals surface area (Å²) in [7, 11) is 1.77. The molecule has 1 saturated heterocycles. The van der Waals surface area contributed by atoms with Crippen molar-refractivity contribution in [2.75, 3.05) is 38.1 Å². The number of amides is 1. The smallest absolute Gasteiger partial charge is 0.246 e. The molecule has 2 aromatic rings. The number of carbonyl (C=O) groups excluding carboxylic acids is 1. The number of aliphatic imine (C=N–C) groups is 1. The zero-order valence-corrected chi connectivity index (χ0v) is 17.6. The standard InChI is InChI=1S/C24H30N4O2/c1-25-24(27-16-13-21(14-17-27)30-20-10-3-2-4-11-20)26-18-23(29)28-15-7-9-19-8-5-6-12-22(19)28/h2-6,8,10-12,21H,7,9,13-18H2,1H3,(H,25,26). The molecule has 0 aliphatic carbocycles. The van der Waals surface area contributed by atoms with Crippen molar-refractivity contribution in [3.05, 3.63) is 60.2 Å². The minimum Gasteiger partial charge on any atom is -0.490 e. The Morgan fingerprint density at radius 3 is 2.57 bits per heavy atom. The van der Waals surface area contributed by atoms with Crippen molar-refractivity contribution in [3.63, 3.8) is 0 Å². The van der Waals surface area contributed by atoms with Crippen LogP contribution in [-0.2, 0) is 11.2 Å². The molecule has 4 rings (SSSR count). The highest BCUT2D eigenvalue weighted by Gasteiger charge is 2.25. The lowest BCUT2D eigenvalue weighted by molar-refractivity contribution is -0.117. The van der Waals surface area contributed by atoms with E-state index in [1.54, 1.807) is 7.05 Å². The highest BCUT2D eigenvalue weighted by molar-refractivity contribution is 5.98. The number of hydrogen-bond donors (Lipinski definition) is 1. The quantitative estimate of drug-likeness (QED) is 0.626. The predicted octanol–water partition coefficient (Wildman–Crippen LogP) is 3.08. The number of nitrogens with zero attached hydrogens (tertiary/aromatic N) is 3. The molecular weight excluding hydrogens is 376 g/mol. The molecular formula is C24H30N4O2. The second-order valence-corrected chi connectivity index (χ2v) is 7.80. The summed E-state index contributed by atoms with van der Waals surface area (Å²) in [6.45, 7) is 2.75. The van der Waals surface area contributed by atoms with Gasteiger partial charge < -0.3 is 19.9 Å². The van der Waals surface area contributed by atoms with E-state index in [1.807, 2.05) is 53.4 Å². The van der Waals surface area contributed by atoms with Gasteiger partial charge in [0.05, 0.1) is 6.54 Å². The zero-order chi connectivity index (χ0) is 20.8. The van der Waals surface area contributed by atoms with Crippen molar-refractivity contribution in [1.29, 1.82) is 0 Å². The number of anilines is 1. The molecule has 0 saturated carbocycles. The predicted molar refractivity (Wildman–Crippen MR) is 120 cm³/mol. The van der Waals surface area contributed by atoms with E-state index in [2.05, 4.69) is 21.3 Å². The Balaban J connectivity index is 1.28. The Kier molecular flexibility index (Phi) is 6.52. The molecule has 2 aromatic carbocycles. The number of carbonyl (C=O) groups is 1. The number of ether oxygens (including phenoxy) is 1. The summed E-state index contributed by atoms with van der Waals surface area (Å²) in [6.07, 6.45) is 4.13. The van der Waals surface area contributed by atoms with Crippen LogP contribution in [0.4, 0.5) is 5.69 Å². The lowest BCUT2D eigenvalue weighted by Gasteiger charge is -2.35. The molecule has 1 fully saturated rings. The minimum absolute atomic E-state index is 0.0885. The van der Waals surface area contributed by atoms with Crippen LogP contribution in [0.1, 0.15) is 24.8 Å². The van der Waals surface area contributed by atoms with Crippen LogP contribution in [0.2, 0.25) is 0 Å². The Bertz CT molecular complexity index is 876. The monoisotopic (exact) mass is 406 g/mol. The highest BCUT2D eigenvalue weighted by atomic mass is 16.5. The van der Waals surface area contributed by atoms with E-state index >= 15 is 0 Å². The molecule has 6 nitrogen and oxygen atoms in total. The average molecular weight is 407 g/mol. The third-order valence-corrected chi connectivity index (χ3v) is 5.81. The van der Waals surface area contributed by atoms with Gasteiger partial charge in [-0.1, -0.05) is 36.4 Å². The maximum atomic E-state index is 12.9. The molecule has 158 valence electrons. The second kappa shape index (κ2) is 9.65. The van der Waals surface area contributed by atoms with Crippen molar-refractivity contribution in [2.24, 2.45) is 4.99 Å². The summed E-state index contributed by atoms with van der Waals surface area (Å²) in [5.74, 6) is 1.79. The summed E-state index contributed by atoms with van der Waals surface area (Å²) in [5, 5.41) is 3.28. The van der Waals surface area contributed by atoms with Gasteiger partial charge in [0.2, 0.25) is 5.91 Å². The highest BCUT2D eigenvalue weighted by Crippen LogP contribution is 2.26. The van der Waals surface area contributed by atoms with Gasteiger partial charge in [-0.25, -0.2) is 0 Å². The van der Waals surface area contributed by atoms with Crippen molar-refractivity contribution in [1.82, 2.24) is 10.2 Å². The van der Waals surface area contributed by atoms with Crippen LogP contribution in [0.15, 0.2) is 59.6 Å². The molecule has 30 heavy (non-hydrogen) atoms. The molecule has 2 aliphatic heterocycles. The molecule has 0 unspecified atom stereocenters. The molecule has 0 atom stereocenters. The van der Waals surface area contributed by atoms with E-state index in [1.165, 1.54) is 5.56 Å². The number of nitrogens with one attached hydrogen (secondary N) is 1. The van der Waals surface area contributed by atoms with Crippen LogP contribution in [-0.4, -0.2) is 56.1 Å². The molecule has 1 N–H and O–H groups in total. The van der Waals surface area contributed by atoms with E-state index in [4.69, 9.17) is 4.74 Å². The Morgan fingerprint density at radius 1 is 1.07 bits per heavy atom. The lowest BCUT2D eigenvalue weighted by atomic mass is 10.0. The van der Waals surface area contributed by atoms with E-state index in [9.17, 15) is 4.79 Å². The SMILES string of the molecule is CN=C(NCC(=O)N1CCCc2ccccc21)N1CCC(Oc2ccccc2)CC1. The first-order valence-electron chi connectivity index (χ1n) is 10.8. The summed E-state index contributed by atoms with van der Waals surface area (Å²) in [6, 6.07) is 18.2. The third-order valence-electron chi connectivity index (χ3n) is 5.81. The van der Waals surface area contributed by atoms with Crippen LogP contribution in [0, 0.1) is 0 Å². The number of likely N-dealkylation sites (tertiary alicyclic amines) is 1. The van der Waals surface area contributed by atoms with E-state index in [0.29, 0.717) is 0 Å². The van der Waals surface area contributed by atoms with Crippen molar-refractivity contribution in [3.8, 4) is 5.75 Å². The van der Waals surface area contributed by atoms with Gasteiger partial charge in [0.1, 0.15) is 11.9 Å². The van der Waals surface area contributed by atoms with Gasteiger partial charge in [-0.15, -0.1) is 0 Å². The fourth-order valence-corrected chi connectivity index (χ4v) is 4.25. The summed E-state index contributed by atoms with van der Waals surface area (Å²) in [4.78, 5) is 21.4. The fourth-order valence-electron chi connectivity index (χ4n) is 4.25. The van der Waals surface area contributed by atoms with Gasteiger partial charge in [-0.05, 0) is 36.6 Å². The summed E-state index contributed by atoms with van der Waals surface area (Å²) < 4.78 is 6.08. The number of para-hydroxylation sites is 2. The maximum Gasteiger partial charge on any atom is 0.246 e. The van der Waals surface area contributed by atoms with Crippen LogP contribution in [0.5, 0.6) is 5.75 Å². The molecule has 0 bridgehead atoms. The third kappa shape index (κ3) is 4.75. The maximum absolute atomic E-state index is 12.9. The van der Waals surface area contributed by atoms with Crippen LogP contribution in [0.25, 0.3) is 0 Å². The van der Waals surface area contributed by atoms with Crippen LogP contribution in [0.3, 0.4) is 0 Å². The van der Waals surface area contributed by atoms with Gasteiger partial charge >= 0.3 is 0 Å². The van der Waals surface area contributed by atoms with Gasteiger partial charge in [-0.2, -0.15) is 0 Å². The largest absolute Gasteiger partial charge is 0.490 e. The van der Waals surface area contributed by atoms with E-state index in [0.717, 1.165) is 62.7 Å². The number of fused-ring (bicyclic) bond motifs is 1. The number of hydrogen-bond acceptors (Lipinski definition) is 3. The van der Waals surface area contributed by atoms with Crippen molar-refractivity contribution < 1.29 is 9.53 Å². The summed E-state index contributed by atoms with van der Waals surface area (Å²) >= 11 is 0. The fraction of sp³-hybridized carbons (Fsp3) is 0.417. The van der Waals surface area contributed by atoms with Crippen LogP contribution < -0.4 is 15.0 Å². The zero-order valence-electron chi connectivity index (χ0n) is 17.6. The van der Waals surface area contributed by atoms with Crippen LogP contribution >= 0.6 is 0 Å². The molecule has 2 aliphatic rings. The van der Waals surface area contributed by atoms with E-state index < -0.39 is 0 Å². The lowest BCUT2D eigenvalue weighted by Crippen LogP contribution is -2.50. The molecule has 0 spiro atoms. The number of aryl methyl sites for hydroxylation is 1. The number of guanidine groups is 1. The number of benzene rings is 2. The Labute approximate surface area is 178 Å². The van der Waals surface area contributed by atoms with E-state index in [-0.39, 0.29) is 18.6 Å². The van der Waals surface area contributed by atoms with Gasteiger partial charge in [-0.3, -0.25) is 9.79 Å². The first-order valence-corrected chi connectivity index (χ1v) is 10.8. The first kappa shape index (κ1) is 20.3. The van der Waals surface area contributed by atoms with Gasteiger partial charge in [0.15, 0.2) is 5.96 Å². The second-order valence-electron chi connectivity index (χ2n) is 7.80. The topological polar surface area (TPSA) is 57.2 Å². The molecule has 1 amide bonds. The van der Waals surface area contributed by atoms with Crippen molar-refractivity contribution in [2.45, 2.75) is 31.8 Å². The number of piperidine rings is 1. The molecule has 0 aromatic heterocycles. The Morgan fingerprint density at radius 2 is 1.80 bits per heavy atom. The Hall–Kier alpha value is -3.02. The van der Waals surface area contributed by atoms with Gasteiger partial charge in [0, 0.05) is 45.2 Å². The minimum atomic E-state index is 0.0885. The van der Waals surface area contributed by atoms with Gasteiger partial charge in [0.25, 0.3) is 0 Å². The number of rotatable bonds is 4. The molecule has 0 radical (unpaired) electrons. The molecule has 2 heterocycles. The average Bonchev–Trinajstić information content (AvgIpc) is 2.80. The normalized spacial score (nSPS) is 17.4.